The van der Waals surface area contributed by atoms with Crippen molar-refractivity contribution in [2.75, 3.05) is 31.6 Å². The van der Waals surface area contributed by atoms with Gasteiger partial charge in [-0.1, -0.05) is 42.5 Å². The Morgan fingerprint density at radius 2 is 1.72 bits per heavy atom. The molecule has 5 nitrogen and oxygen atoms in total. The number of nitrogens with one attached hydrogen (secondary N) is 1. The number of morpholine rings is 1. The number of amides is 1. The molecular weight excluding hydrogens is 314 g/mol. The first kappa shape index (κ1) is 17.6. The van der Waals surface area contributed by atoms with Gasteiger partial charge in [0, 0.05) is 25.3 Å². The first-order chi connectivity index (χ1) is 12.2. The van der Waals surface area contributed by atoms with Crippen LogP contribution in [0, 0.1) is 0 Å². The first-order valence-electron chi connectivity index (χ1n) is 8.70. The molecule has 25 heavy (non-hydrogen) atoms. The van der Waals surface area contributed by atoms with Crippen LogP contribution in [0.15, 0.2) is 54.6 Å². The fourth-order valence-corrected chi connectivity index (χ4v) is 2.91. The second kappa shape index (κ2) is 8.76. The van der Waals surface area contributed by atoms with Crippen LogP contribution in [0.4, 0.5) is 5.69 Å². The standard InChI is InChI=1S/C20H25N3O2/c21-19(14-16-4-2-1-3-5-16)20(24)22-18-8-6-17(7-9-18)15-23-10-12-25-13-11-23/h1-9,19H,10-15,21H2,(H,22,24)/t19-/m0/s1. The van der Waals surface area contributed by atoms with Crippen molar-refractivity contribution in [2.24, 2.45) is 5.73 Å². The Bertz CT molecular complexity index is 667. The number of hydrogen-bond donors (Lipinski definition) is 2. The van der Waals surface area contributed by atoms with Gasteiger partial charge in [-0.05, 0) is 29.7 Å². The molecule has 0 aliphatic carbocycles. The van der Waals surface area contributed by atoms with Crippen LogP contribution in [0.2, 0.25) is 0 Å². The van der Waals surface area contributed by atoms with Crippen molar-refractivity contribution in [1.82, 2.24) is 4.90 Å². The van der Waals surface area contributed by atoms with Crippen molar-refractivity contribution in [3.63, 3.8) is 0 Å². The lowest BCUT2D eigenvalue weighted by atomic mass is 10.1. The quantitative estimate of drug-likeness (QED) is 0.845. The van der Waals surface area contributed by atoms with E-state index < -0.39 is 6.04 Å². The Morgan fingerprint density at radius 3 is 2.40 bits per heavy atom. The summed E-state index contributed by atoms with van der Waals surface area (Å²) in [5.41, 5.74) is 9.09. The van der Waals surface area contributed by atoms with E-state index in [4.69, 9.17) is 10.5 Å². The molecule has 1 aliphatic heterocycles. The van der Waals surface area contributed by atoms with Crippen LogP contribution in [0.1, 0.15) is 11.1 Å². The maximum Gasteiger partial charge on any atom is 0.241 e. The number of nitrogens with zero attached hydrogens (tertiary/aromatic N) is 1. The summed E-state index contributed by atoms with van der Waals surface area (Å²) in [6.45, 7) is 4.44. The number of carbonyl (C=O) groups is 1. The van der Waals surface area contributed by atoms with Crippen LogP contribution in [0.25, 0.3) is 0 Å². The van der Waals surface area contributed by atoms with Gasteiger partial charge < -0.3 is 15.8 Å². The smallest absolute Gasteiger partial charge is 0.241 e. The van der Waals surface area contributed by atoms with Crippen LogP contribution in [0.5, 0.6) is 0 Å². The van der Waals surface area contributed by atoms with E-state index >= 15 is 0 Å². The molecule has 1 saturated heterocycles. The molecule has 2 aromatic carbocycles. The lowest BCUT2D eigenvalue weighted by molar-refractivity contribution is -0.117. The normalized spacial score (nSPS) is 16.4. The summed E-state index contributed by atoms with van der Waals surface area (Å²) in [7, 11) is 0. The molecule has 0 unspecified atom stereocenters. The first-order valence-corrected chi connectivity index (χ1v) is 8.70. The van der Waals surface area contributed by atoms with Crippen molar-refractivity contribution in [3.05, 3.63) is 65.7 Å². The number of nitrogens with two attached hydrogens (primary N) is 1. The molecule has 1 amide bonds. The summed E-state index contributed by atoms with van der Waals surface area (Å²) in [5, 5.41) is 2.90. The molecule has 0 spiro atoms. The minimum absolute atomic E-state index is 0.162. The Morgan fingerprint density at radius 1 is 1.04 bits per heavy atom. The highest BCUT2D eigenvalue weighted by atomic mass is 16.5. The molecule has 2 aromatic rings. The molecular formula is C20H25N3O2. The fraction of sp³-hybridized carbons (Fsp3) is 0.350. The van der Waals surface area contributed by atoms with Gasteiger partial charge in [0.05, 0.1) is 19.3 Å². The van der Waals surface area contributed by atoms with Crippen LogP contribution in [0.3, 0.4) is 0 Å². The summed E-state index contributed by atoms with van der Waals surface area (Å²) >= 11 is 0. The second-order valence-electron chi connectivity index (χ2n) is 6.37. The van der Waals surface area contributed by atoms with Gasteiger partial charge in [0.25, 0.3) is 0 Å². The zero-order valence-corrected chi connectivity index (χ0v) is 14.4. The molecule has 0 saturated carbocycles. The molecule has 0 bridgehead atoms. The number of carbonyl (C=O) groups excluding carboxylic acids is 1. The predicted molar refractivity (Wildman–Crippen MR) is 99.3 cm³/mol. The highest BCUT2D eigenvalue weighted by Crippen LogP contribution is 2.13. The molecule has 5 heteroatoms. The Hall–Kier alpha value is -2.21. The molecule has 1 heterocycles. The molecule has 3 N–H and O–H groups in total. The van der Waals surface area contributed by atoms with E-state index in [0.717, 1.165) is 44.1 Å². The van der Waals surface area contributed by atoms with Crippen LogP contribution in [-0.2, 0) is 22.5 Å². The van der Waals surface area contributed by atoms with Crippen molar-refractivity contribution < 1.29 is 9.53 Å². The highest BCUT2D eigenvalue weighted by Gasteiger charge is 2.14. The number of benzene rings is 2. The third-order valence-electron chi connectivity index (χ3n) is 4.37. The third-order valence-corrected chi connectivity index (χ3v) is 4.37. The van der Waals surface area contributed by atoms with Crippen LogP contribution >= 0.6 is 0 Å². The Balaban J connectivity index is 1.51. The third kappa shape index (κ3) is 5.39. The van der Waals surface area contributed by atoms with Crippen molar-refractivity contribution in [3.8, 4) is 0 Å². The minimum Gasteiger partial charge on any atom is -0.379 e. The van der Waals surface area contributed by atoms with Crippen molar-refractivity contribution >= 4 is 11.6 Å². The summed E-state index contributed by atoms with van der Waals surface area (Å²) in [6, 6.07) is 17.2. The van der Waals surface area contributed by atoms with E-state index in [-0.39, 0.29) is 5.91 Å². The number of anilines is 1. The average Bonchev–Trinajstić information content (AvgIpc) is 2.65. The average molecular weight is 339 g/mol. The largest absolute Gasteiger partial charge is 0.379 e. The van der Waals surface area contributed by atoms with Crippen LogP contribution < -0.4 is 11.1 Å². The Labute approximate surface area is 148 Å². The molecule has 0 radical (unpaired) electrons. The minimum atomic E-state index is -0.560. The maximum absolute atomic E-state index is 12.3. The zero-order chi connectivity index (χ0) is 17.5. The van der Waals surface area contributed by atoms with Crippen molar-refractivity contribution in [2.45, 2.75) is 19.0 Å². The molecule has 132 valence electrons. The Kier molecular flexibility index (Phi) is 6.17. The van der Waals surface area contributed by atoms with Gasteiger partial charge in [-0.2, -0.15) is 0 Å². The van der Waals surface area contributed by atoms with Gasteiger partial charge >= 0.3 is 0 Å². The SMILES string of the molecule is N[C@@H](Cc1ccccc1)C(=O)Nc1ccc(CN2CCOCC2)cc1. The number of hydrogen-bond acceptors (Lipinski definition) is 4. The summed E-state index contributed by atoms with van der Waals surface area (Å²) < 4.78 is 5.36. The molecule has 1 atom stereocenters. The summed E-state index contributed by atoms with van der Waals surface area (Å²) in [6.07, 6.45) is 0.530. The van der Waals surface area contributed by atoms with E-state index in [1.807, 2.05) is 54.6 Å². The lowest BCUT2D eigenvalue weighted by Crippen LogP contribution is -2.37. The lowest BCUT2D eigenvalue weighted by Gasteiger charge is -2.26. The van der Waals surface area contributed by atoms with Gasteiger partial charge in [-0.25, -0.2) is 0 Å². The van der Waals surface area contributed by atoms with E-state index in [1.165, 1.54) is 5.56 Å². The summed E-state index contributed by atoms with van der Waals surface area (Å²) in [5.74, 6) is -0.162. The predicted octanol–water partition coefficient (Wildman–Crippen LogP) is 2.03. The molecule has 0 aromatic heterocycles. The van der Waals surface area contributed by atoms with Crippen LogP contribution in [-0.4, -0.2) is 43.2 Å². The molecule has 1 aliphatic rings. The highest BCUT2D eigenvalue weighted by molar-refractivity contribution is 5.94. The van der Waals surface area contributed by atoms with Crippen molar-refractivity contribution in [1.29, 1.82) is 0 Å². The summed E-state index contributed by atoms with van der Waals surface area (Å²) in [4.78, 5) is 14.6. The van der Waals surface area contributed by atoms with Gasteiger partial charge in [-0.15, -0.1) is 0 Å². The number of ether oxygens (including phenoxy) is 1. The zero-order valence-electron chi connectivity index (χ0n) is 14.4. The van der Waals surface area contributed by atoms with E-state index in [0.29, 0.717) is 6.42 Å². The van der Waals surface area contributed by atoms with E-state index in [9.17, 15) is 4.79 Å². The maximum atomic E-state index is 12.3. The second-order valence-corrected chi connectivity index (χ2v) is 6.37. The monoisotopic (exact) mass is 339 g/mol. The number of rotatable bonds is 6. The molecule has 1 fully saturated rings. The van der Waals surface area contributed by atoms with E-state index in [1.54, 1.807) is 0 Å². The van der Waals surface area contributed by atoms with Gasteiger partial charge in [0.1, 0.15) is 0 Å². The molecule has 3 rings (SSSR count). The van der Waals surface area contributed by atoms with Gasteiger partial charge in [0.2, 0.25) is 5.91 Å². The fourth-order valence-electron chi connectivity index (χ4n) is 2.91. The van der Waals surface area contributed by atoms with E-state index in [2.05, 4.69) is 10.2 Å². The van der Waals surface area contributed by atoms with Gasteiger partial charge in [0.15, 0.2) is 0 Å². The van der Waals surface area contributed by atoms with Gasteiger partial charge in [-0.3, -0.25) is 9.69 Å². The topological polar surface area (TPSA) is 67.6 Å².